The van der Waals surface area contributed by atoms with E-state index < -0.39 is 0 Å². The van der Waals surface area contributed by atoms with E-state index in [1.54, 1.807) is 6.26 Å². The molecule has 1 fully saturated rings. The van der Waals surface area contributed by atoms with Crippen molar-refractivity contribution in [2.45, 2.75) is 50.3 Å². The Bertz CT molecular complexity index is 794. The smallest absolute Gasteiger partial charge is 0.198 e. The first-order valence-electron chi connectivity index (χ1n) is 8.64. The molecular formula is C19H19ClN2O2. The topological polar surface area (TPSA) is 38.0 Å². The number of halogens is 1. The fourth-order valence-electron chi connectivity index (χ4n) is 4.28. The molecule has 2 aliphatic heterocycles. The average Bonchev–Trinajstić information content (AvgIpc) is 3.26. The molecule has 0 amide bonds. The van der Waals surface area contributed by atoms with Gasteiger partial charge in [-0.2, -0.15) is 5.10 Å². The minimum Gasteiger partial charge on any atom is -0.466 e. The van der Waals surface area contributed by atoms with Crippen LogP contribution in [-0.4, -0.2) is 16.4 Å². The molecule has 1 saturated carbocycles. The summed E-state index contributed by atoms with van der Waals surface area (Å²) in [6, 6.07) is 10.00. The third-order valence-electron chi connectivity index (χ3n) is 5.40. The number of ether oxygens (including phenoxy) is 1. The number of hydrogen-bond acceptors (Lipinski definition) is 4. The van der Waals surface area contributed by atoms with Crippen LogP contribution in [0.2, 0.25) is 5.02 Å². The Labute approximate surface area is 146 Å². The molecule has 1 spiro atoms. The molecule has 0 radical (unpaired) electrons. The maximum Gasteiger partial charge on any atom is 0.198 e. The molecule has 1 aromatic heterocycles. The second-order valence-electron chi connectivity index (χ2n) is 6.88. The summed E-state index contributed by atoms with van der Waals surface area (Å²) in [5, 5.41) is 7.88. The van der Waals surface area contributed by atoms with Crippen LogP contribution in [0.4, 0.5) is 0 Å². The Balaban J connectivity index is 1.62. The lowest BCUT2D eigenvalue weighted by atomic mass is 9.87. The summed E-state index contributed by atoms with van der Waals surface area (Å²) in [5.41, 5.74) is 1.80. The van der Waals surface area contributed by atoms with Gasteiger partial charge in [0, 0.05) is 29.8 Å². The summed E-state index contributed by atoms with van der Waals surface area (Å²) in [6.07, 6.45) is 8.18. The molecule has 3 aliphatic rings. The molecular weight excluding hydrogens is 324 g/mol. The minimum atomic E-state index is -0.321. The van der Waals surface area contributed by atoms with Gasteiger partial charge in [0.05, 0.1) is 12.3 Å². The summed E-state index contributed by atoms with van der Waals surface area (Å²) < 4.78 is 12.1. The van der Waals surface area contributed by atoms with E-state index in [0.29, 0.717) is 0 Å². The van der Waals surface area contributed by atoms with E-state index in [-0.39, 0.29) is 11.8 Å². The van der Waals surface area contributed by atoms with Crippen molar-refractivity contribution in [3.8, 4) is 5.75 Å². The SMILES string of the molecule is Clc1ccc2c(c1)[C@H]1CC(c3ccco3)=NN1C1(CCCCC1)O2. The van der Waals surface area contributed by atoms with Gasteiger partial charge in [-0.05, 0) is 43.2 Å². The molecule has 0 bridgehead atoms. The molecule has 3 heterocycles. The number of nitrogens with zero attached hydrogens (tertiary/aromatic N) is 2. The first kappa shape index (κ1) is 14.4. The van der Waals surface area contributed by atoms with E-state index in [9.17, 15) is 0 Å². The first-order valence-corrected chi connectivity index (χ1v) is 9.02. The molecule has 5 rings (SSSR count). The van der Waals surface area contributed by atoms with Crippen LogP contribution < -0.4 is 4.74 Å². The third-order valence-corrected chi connectivity index (χ3v) is 5.63. The van der Waals surface area contributed by atoms with E-state index in [2.05, 4.69) is 5.01 Å². The molecule has 5 heteroatoms. The lowest BCUT2D eigenvalue weighted by molar-refractivity contribution is -0.140. The lowest BCUT2D eigenvalue weighted by Gasteiger charge is -2.49. The Morgan fingerprint density at radius 3 is 2.83 bits per heavy atom. The second kappa shape index (κ2) is 5.28. The normalized spacial score (nSPS) is 24.3. The Hall–Kier alpha value is -1.94. The van der Waals surface area contributed by atoms with Gasteiger partial charge in [-0.15, -0.1) is 0 Å². The highest BCUT2D eigenvalue weighted by Gasteiger charge is 2.51. The highest BCUT2D eigenvalue weighted by atomic mass is 35.5. The van der Waals surface area contributed by atoms with Gasteiger partial charge in [0.2, 0.25) is 0 Å². The van der Waals surface area contributed by atoms with Gasteiger partial charge in [0.15, 0.2) is 5.72 Å². The van der Waals surface area contributed by atoms with Crippen LogP contribution >= 0.6 is 11.6 Å². The van der Waals surface area contributed by atoms with Gasteiger partial charge in [0.1, 0.15) is 17.2 Å². The number of hydrazone groups is 1. The van der Waals surface area contributed by atoms with Crippen LogP contribution in [0, 0.1) is 0 Å². The van der Waals surface area contributed by atoms with E-state index in [4.69, 9.17) is 25.9 Å². The third kappa shape index (κ3) is 2.09. The highest BCUT2D eigenvalue weighted by molar-refractivity contribution is 6.30. The lowest BCUT2D eigenvalue weighted by Crippen LogP contribution is -2.54. The minimum absolute atomic E-state index is 0.172. The molecule has 0 N–H and O–H groups in total. The maximum absolute atomic E-state index is 6.52. The maximum atomic E-state index is 6.52. The Kier molecular flexibility index (Phi) is 3.17. The van der Waals surface area contributed by atoms with Gasteiger partial charge in [-0.1, -0.05) is 18.0 Å². The molecule has 2 aromatic rings. The summed E-state index contributed by atoms with van der Waals surface area (Å²) in [6.45, 7) is 0. The number of rotatable bonds is 1. The van der Waals surface area contributed by atoms with Crippen LogP contribution in [0.1, 0.15) is 55.9 Å². The molecule has 0 unspecified atom stereocenters. The van der Waals surface area contributed by atoms with Gasteiger partial charge in [-0.3, -0.25) is 0 Å². The summed E-state index contributed by atoms with van der Waals surface area (Å²) >= 11 is 6.25. The van der Waals surface area contributed by atoms with E-state index in [1.165, 1.54) is 19.3 Å². The van der Waals surface area contributed by atoms with Crippen LogP contribution in [0.3, 0.4) is 0 Å². The summed E-state index contributed by atoms with van der Waals surface area (Å²) in [7, 11) is 0. The molecule has 1 aromatic carbocycles. The number of fused-ring (bicyclic) bond motifs is 4. The number of furan rings is 1. The zero-order valence-electron chi connectivity index (χ0n) is 13.4. The number of hydrogen-bond donors (Lipinski definition) is 0. The van der Waals surface area contributed by atoms with Crippen molar-refractivity contribution < 1.29 is 9.15 Å². The van der Waals surface area contributed by atoms with Crippen LogP contribution in [0.15, 0.2) is 46.1 Å². The number of benzene rings is 1. The Morgan fingerprint density at radius 2 is 2.04 bits per heavy atom. The molecule has 24 heavy (non-hydrogen) atoms. The second-order valence-corrected chi connectivity index (χ2v) is 7.32. The van der Waals surface area contributed by atoms with Crippen molar-refractivity contribution >= 4 is 17.3 Å². The molecule has 1 atom stereocenters. The van der Waals surface area contributed by atoms with Gasteiger partial charge >= 0.3 is 0 Å². The zero-order chi connectivity index (χ0) is 16.1. The van der Waals surface area contributed by atoms with Gasteiger partial charge < -0.3 is 9.15 Å². The average molecular weight is 343 g/mol. The monoisotopic (exact) mass is 342 g/mol. The summed E-state index contributed by atoms with van der Waals surface area (Å²) in [4.78, 5) is 0. The van der Waals surface area contributed by atoms with Crippen molar-refractivity contribution in [3.63, 3.8) is 0 Å². The van der Waals surface area contributed by atoms with Crippen molar-refractivity contribution in [1.82, 2.24) is 5.01 Å². The van der Waals surface area contributed by atoms with E-state index in [1.807, 2.05) is 30.3 Å². The zero-order valence-corrected chi connectivity index (χ0v) is 14.1. The fourth-order valence-corrected chi connectivity index (χ4v) is 4.46. The van der Waals surface area contributed by atoms with Gasteiger partial charge in [0.25, 0.3) is 0 Å². The highest BCUT2D eigenvalue weighted by Crippen LogP contribution is 2.51. The standard InChI is InChI=1S/C19H19ClN2O2/c20-13-6-7-17-14(11-13)16-12-15(18-5-4-10-23-18)21-22(16)19(24-17)8-2-1-3-9-19/h4-7,10-11,16H,1-3,8-9,12H2/t16-/m1/s1. The van der Waals surface area contributed by atoms with Crippen molar-refractivity contribution in [2.75, 3.05) is 0 Å². The molecule has 1 aliphatic carbocycles. The first-order chi connectivity index (χ1) is 11.8. The molecule has 124 valence electrons. The fraction of sp³-hybridized carbons (Fsp3) is 0.421. The van der Waals surface area contributed by atoms with Crippen LogP contribution in [-0.2, 0) is 0 Å². The quantitative estimate of drug-likeness (QED) is 0.720. The predicted octanol–water partition coefficient (Wildman–Crippen LogP) is 5.14. The molecule has 0 saturated heterocycles. The Morgan fingerprint density at radius 1 is 1.17 bits per heavy atom. The van der Waals surface area contributed by atoms with E-state index in [0.717, 1.165) is 47.1 Å². The van der Waals surface area contributed by atoms with Gasteiger partial charge in [-0.25, -0.2) is 5.01 Å². The van der Waals surface area contributed by atoms with Crippen molar-refractivity contribution in [1.29, 1.82) is 0 Å². The van der Waals surface area contributed by atoms with Crippen molar-refractivity contribution in [2.24, 2.45) is 5.10 Å². The van der Waals surface area contributed by atoms with Crippen molar-refractivity contribution in [3.05, 3.63) is 52.9 Å². The largest absolute Gasteiger partial charge is 0.466 e. The summed E-state index contributed by atoms with van der Waals surface area (Å²) in [5.74, 6) is 1.80. The molecule has 4 nitrogen and oxygen atoms in total. The predicted molar refractivity (Wildman–Crippen MR) is 92.3 cm³/mol. The van der Waals surface area contributed by atoms with Crippen LogP contribution in [0.5, 0.6) is 5.75 Å². The van der Waals surface area contributed by atoms with E-state index >= 15 is 0 Å². The van der Waals surface area contributed by atoms with Crippen LogP contribution in [0.25, 0.3) is 0 Å².